The lowest BCUT2D eigenvalue weighted by Gasteiger charge is -2.19. The van der Waals surface area contributed by atoms with Crippen LogP contribution in [0.25, 0.3) is 0 Å². The van der Waals surface area contributed by atoms with E-state index in [4.69, 9.17) is 10.2 Å². The second-order valence-corrected chi connectivity index (χ2v) is 4.33. The highest BCUT2D eigenvalue weighted by atomic mass is 35.5. The Morgan fingerprint density at radius 1 is 1.56 bits per heavy atom. The van der Waals surface area contributed by atoms with Gasteiger partial charge in [0, 0.05) is 7.05 Å². The van der Waals surface area contributed by atoms with Crippen LogP contribution in [0.3, 0.4) is 0 Å². The van der Waals surface area contributed by atoms with Crippen LogP contribution < -0.4 is 5.73 Å². The zero-order valence-electron chi connectivity index (χ0n) is 9.53. The molecular weight excluding hydrogens is 228 g/mol. The average Bonchev–Trinajstić information content (AvgIpc) is 2.80. The largest absolute Gasteiger partial charge is 0.464 e. The third-order valence-corrected chi connectivity index (χ3v) is 2.75. The zero-order chi connectivity index (χ0) is 11.1. The molecule has 1 amide bonds. The Hall–Kier alpha value is -1.00. The molecule has 1 aliphatic carbocycles. The molecule has 1 aromatic heterocycles. The fourth-order valence-electron chi connectivity index (χ4n) is 1.60. The average molecular weight is 245 g/mol. The molecule has 1 fully saturated rings. The van der Waals surface area contributed by atoms with E-state index in [1.807, 2.05) is 19.1 Å². The summed E-state index contributed by atoms with van der Waals surface area (Å²) in [6, 6.07) is 3.78. The molecule has 2 N–H and O–H groups in total. The van der Waals surface area contributed by atoms with Crippen LogP contribution in [-0.2, 0) is 11.3 Å². The standard InChI is InChI=1S/C11H16N2O2.ClH/c1-8-3-4-9(15-8)7-13(2)10(14)11(12)5-6-11;/h3-4H,5-7,12H2,1-2H3;1H. The van der Waals surface area contributed by atoms with Gasteiger partial charge >= 0.3 is 0 Å². The highest BCUT2D eigenvalue weighted by Crippen LogP contribution is 2.34. The summed E-state index contributed by atoms with van der Waals surface area (Å²) in [4.78, 5) is 13.4. The molecule has 16 heavy (non-hydrogen) atoms. The normalized spacial score (nSPS) is 16.4. The van der Waals surface area contributed by atoms with E-state index in [1.165, 1.54) is 0 Å². The van der Waals surface area contributed by atoms with Crippen LogP contribution in [0, 0.1) is 6.92 Å². The molecule has 1 aliphatic rings. The molecule has 0 bridgehead atoms. The van der Waals surface area contributed by atoms with Gasteiger partial charge in [0.05, 0.1) is 12.1 Å². The van der Waals surface area contributed by atoms with Crippen molar-refractivity contribution in [1.82, 2.24) is 4.90 Å². The number of nitrogens with two attached hydrogens (primary N) is 1. The Bertz CT molecular complexity index is 385. The van der Waals surface area contributed by atoms with Gasteiger partial charge in [-0.3, -0.25) is 4.79 Å². The van der Waals surface area contributed by atoms with E-state index in [2.05, 4.69) is 0 Å². The summed E-state index contributed by atoms with van der Waals surface area (Å²) in [6.07, 6.45) is 1.60. The molecular formula is C11H17ClN2O2. The van der Waals surface area contributed by atoms with E-state index < -0.39 is 5.54 Å². The maximum absolute atomic E-state index is 11.8. The van der Waals surface area contributed by atoms with Crippen molar-refractivity contribution >= 4 is 18.3 Å². The fourth-order valence-corrected chi connectivity index (χ4v) is 1.60. The number of carbonyl (C=O) groups excluding carboxylic acids is 1. The molecule has 1 heterocycles. The van der Waals surface area contributed by atoms with Crippen molar-refractivity contribution in [1.29, 1.82) is 0 Å². The van der Waals surface area contributed by atoms with Crippen LogP contribution in [0.5, 0.6) is 0 Å². The number of likely N-dealkylation sites (N-methyl/N-ethyl adjacent to an activating group) is 1. The topological polar surface area (TPSA) is 59.5 Å². The summed E-state index contributed by atoms with van der Waals surface area (Å²) in [7, 11) is 1.76. The maximum atomic E-state index is 11.8. The summed E-state index contributed by atoms with van der Waals surface area (Å²) in [5.41, 5.74) is 5.24. The molecule has 0 atom stereocenters. The van der Waals surface area contributed by atoms with E-state index in [0.717, 1.165) is 24.4 Å². The van der Waals surface area contributed by atoms with Crippen LogP contribution in [-0.4, -0.2) is 23.4 Å². The van der Waals surface area contributed by atoms with Gasteiger partial charge in [-0.1, -0.05) is 0 Å². The molecule has 0 spiro atoms. The highest BCUT2D eigenvalue weighted by molar-refractivity contribution is 5.88. The van der Waals surface area contributed by atoms with Crippen LogP contribution >= 0.6 is 12.4 Å². The van der Waals surface area contributed by atoms with E-state index in [9.17, 15) is 4.79 Å². The minimum Gasteiger partial charge on any atom is -0.464 e. The first kappa shape index (κ1) is 13.1. The molecule has 4 nitrogen and oxygen atoms in total. The van der Waals surface area contributed by atoms with E-state index in [-0.39, 0.29) is 18.3 Å². The van der Waals surface area contributed by atoms with Crippen molar-refractivity contribution in [2.24, 2.45) is 5.73 Å². The molecule has 0 unspecified atom stereocenters. The second-order valence-electron chi connectivity index (χ2n) is 4.33. The van der Waals surface area contributed by atoms with Gasteiger partial charge < -0.3 is 15.1 Å². The fraction of sp³-hybridized carbons (Fsp3) is 0.545. The Kier molecular flexibility index (Phi) is 3.65. The van der Waals surface area contributed by atoms with Gasteiger partial charge in [-0.15, -0.1) is 12.4 Å². The third kappa shape index (κ3) is 2.57. The SMILES string of the molecule is Cc1ccc(CN(C)C(=O)C2(N)CC2)o1.Cl. The van der Waals surface area contributed by atoms with E-state index in [0.29, 0.717) is 6.54 Å². The van der Waals surface area contributed by atoms with Crippen LogP contribution in [0.15, 0.2) is 16.5 Å². The predicted molar refractivity (Wildman–Crippen MR) is 63.3 cm³/mol. The van der Waals surface area contributed by atoms with Crippen molar-refractivity contribution in [3.8, 4) is 0 Å². The van der Waals surface area contributed by atoms with Crippen molar-refractivity contribution in [3.63, 3.8) is 0 Å². The molecule has 0 saturated heterocycles. The van der Waals surface area contributed by atoms with Crippen molar-refractivity contribution in [2.75, 3.05) is 7.05 Å². The third-order valence-electron chi connectivity index (χ3n) is 2.75. The number of hydrogen-bond acceptors (Lipinski definition) is 3. The first-order chi connectivity index (χ1) is 7.01. The number of rotatable bonds is 3. The van der Waals surface area contributed by atoms with Gasteiger partial charge in [0.25, 0.3) is 0 Å². The Balaban J connectivity index is 0.00000128. The number of furan rings is 1. The quantitative estimate of drug-likeness (QED) is 0.876. The molecule has 90 valence electrons. The molecule has 0 aliphatic heterocycles. The Morgan fingerprint density at radius 2 is 2.19 bits per heavy atom. The zero-order valence-corrected chi connectivity index (χ0v) is 10.3. The summed E-state index contributed by atoms with van der Waals surface area (Å²) in [5, 5.41) is 0. The van der Waals surface area contributed by atoms with Crippen molar-refractivity contribution in [2.45, 2.75) is 31.8 Å². The second kappa shape index (κ2) is 4.47. The predicted octanol–water partition coefficient (Wildman–Crippen LogP) is 1.46. The van der Waals surface area contributed by atoms with Gasteiger partial charge in [-0.2, -0.15) is 0 Å². The summed E-state index contributed by atoms with van der Waals surface area (Å²) >= 11 is 0. The minimum absolute atomic E-state index is 0. The lowest BCUT2D eigenvalue weighted by atomic mass is 10.2. The molecule has 0 radical (unpaired) electrons. The Labute approximate surface area is 101 Å². The van der Waals surface area contributed by atoms with Crippen LogP contribution in [0.4, 0.5) is 0 Å². The van der Waals surface area contributed by atoms with Crippen molar-refractivity contribution in [3.05, 3.63) is 23.7 Å². The lowest BCUT2D eigenvalue weighted by molar-refractivity contribution is -0.133. The highest BCUT2D eigenvalue weighted by Gasteiger charge is 2.47. The number of nitrogens with zero attached hydrogens (tertiary/aromatic N) is 1. The molecule has 0 aromatic carbocycles. The van der Waals surface area contributed by atoms with Crippen LogP contribution in [0.1, 0.15) is 24.4 Å². The smallest absolute Gasteiger partial charge is 0.242 e. The van der Waals surface area contributed by atoms with Gasteiger partial charge in [-0.05, 0) is 31.9 Å². The number of hydrogen-bond donors (Lipinski definition) is 1. The number of halogens is 1. The van der Waals surface area contributed by atoms with Gasteiger partial charge in [0.1, 0.15) is 11.5 Å². The number of amides is 1. The summed E-state index contributed by atoms with van der Waals surface area (Å²) in [6.45, 7) is 2.38. The minimum atomic E-state index is -0.587. The lowest BCUT2D eigenvalue weighted by Crippen LogP contribution is -2.43. The molecule has 5 heteroatoms. The molecule has 1 aromatic rings. The first-order valence-electron chi connectivity index (χ1n) is 5.11. The monoisotopic (exact) mass is 244 g/mol. The maximum Gasteiger partial charge on any atom is 0.242 e. The molecule has 2 rings (SSSR count). The van der Waals surface area contributed by atoms with Gasteiger partial charge in [0.2, 0.25) is 5.91 Å². The Morgan fingerprint density at radius 3 is 2.62 bits per heavy atom. The molecule has 1 saturated carbocycles. The summed E-state index contributed by atoms with van der Waals surface area (Å²) < 4.78 is 5.40. The number of carbonyl (C=O) groups is 1. The van der Waals surface area contributed by atoms with Gasteiger partial charge in [0.15, 0.2) is 0 Å². The van der Waals surface area contributed by atoms with Gasteiger partial charge in [-0.25, -0.2) is 0 Å². The number of aryl methyl sites for hydroxylation is 1. The van der Waals surface area contributed by atoms with Crippen molar-refractivity contribution < 1.29 is 9.21 Å². The van der Waals surface area contributed by atoms with E-state index in [1.54, 1.807) is 11.9 Å². The first-order valence-corrected chi connectivity index (χ1v) is 5.11. The van der Waals surface area contributed by atoms with Crippen LogP contribution in [0.2, 0.25) is 0 Å². The van der Waals surface area contributed by atoms with E-state index >= 15 is 0 Å². The summed E-state index contributed by atoms with van der Waals surface area (Å²) in [5.74, 6) is 1.67.